The van der Waals surface area contributed by atoms with E-state index in [9.17, 15) is 9.59 Å². The second-order valence-electron chi connectivity index (χ2n) is 4.30. The first-order valence-electron chi connectivity index (χ1n) is 6.30. The molecular formula is C13H18N4O3. The van der Waals surface area contributed by atoms with Crippen LogP contribution >= 0.6 is 0 Å². The van der Waals surface area contributed by atoms with Gasteiger partial charge in [-0.05, 0) is 6.42 Å². The van der Waals surface area contributed by atoms with E-state index in [-0.39, 0.29) is 6.42 Å². The molecule has 0 bridgehead atoms. The summed E-state index contributed by atoms with van der Waals surface area (Å²) in [5.74, 6) is 1.32. The van der Waals surface area contributed by atoms with Crippen LogP contribution in [0.2, 0.25) is 0 Å². The SMILES string of the molecule is C#CC(CCC)NC(=O)N[C@@H](Cc1cnc[nH]1)C(=O)O. The Morgan fingerprint density at radius 2 is 2.30 bits per heavy atom. The van der Waals surface area contributed by atoms with Crippen LogP contribution in [0.1, 0.15) is 25.5 Å². The van der Waals surface area contributed by atoms with Crippen LogP contribution in [0, 0.1) is 12.3 Å². The zero-order chi connectivity index (χ0) is 15.0. The van der Waals surface area contributed by atoms with Crippen LogP contribution in [0.15, 0.2) is 12.5 Å². The van der Waals surface area contributed by atoms with Crippen molar-refractivity contribution in [2.24, 2.45) is 0 Å². The first-order chi connectivity index (χ1) is 9.56. The molecule has 1 rings (SSSR count). The Labute approximate surface area is 117 Å². The molecule has 108 valence electrons. The first-order valence-corrected chi connectivity index (χ1v) is 6.30. The van der Waals surface area contributed by atoms with Gasteiger partial charge in [0.15, 0.2) is 0 Å². The number of carboxylic acids is 1. The molecule has 0 aliphatic carbocycles. The Morgan fingerprint density at radius 3 is 2.80 bits per heavy atom. The molecule has 1 aromatic rings. The van der Waals surface area contributed by atoms with Gasteiger partial charge >= 0.3 is 12.0 Å². The third-order valence-corrected chi connectivity index (χ3v) is 2.67. The molecule has 0 saturated heterocycles. The molecule has 7 nitrogen and oxygen atoms in total. The molecule has 0 radical (unpaired) electrons. The van der Waals surface area contributed by atoms with Gasteiger partial charge in [0.25, 0.3) is 0 Å². The van der Waals surface area contributed by atoms with E-state index in [2.05, 4.69) is 26.5 Å². The molecule has 20 heavy (non-hydrogen) atoms. The smallest absolute Gasteiger partial charge is 0.326 e. The summed E-state index contributed by atoms with van der Waals surface area (Å²) in [6, 6.07) is -2.04. The monoisotopic (exact) mass is 278 g/mol. The Morgan fingerprint density at radius 1 is 1.55 bits per heavy atom. The molecule has 0 fully saturated rings. The number of amides is 2. The average Bonchev–Trinajstić information content (AvgIpc) is 2.90. The van der Waals surface area contributed by atoms with E-state index >= 15 is 0 Å². The van der Waals surface area contributed by atoms with Crippen molar-refractivity contribution in [2.75, 3.05) is 0 Å². The minimum atomic E-state index is -1.12. The zero-order valence-corrected chi connectivity index (χ0v) is 11.2. The topological polar surface area (TPSA) is 107 Å². The van der Waals surface area contributed by atoms with E-state index in [1.165, 1.54) is 12.5 Å². The molecule has 0 aliphatic heterocycles. The summed E-state index contributed by atoms with van der Waals surface area (Å²) in [7, 11) is 0. The van der Waals surface area contributed by atoms with E-state index < -0.39 is 24.1 Å². The highest BCUT2D eigenvalue weighted by Crippen LogP contribution is 2.00. The highest BCUT2D eigenvalue weighted by atomic mass is 16.4. The summed E-state index contributed by atoms with van der Waals surface area (Å²) in [4.78, 5) is 29.4. The minimum absolute atomic E-state index is 0.122. The van der Waals surface area contributed by atoms with E-state index in [0.717, 1.165) is 6.42 Å². The van der Waals surface area contributed by atoms with Gasteiger partial charge in [0.05, 0.1) is 12.4 Å². The van der Waals surface area contributed by atoms with Crippen molar-refractivity contribution in [3.63, 3.8) is 0 Å². The average molecular weight is 278 g/mol. The van der Waals surface area contributed by atoms with Crippen LogP contribution in [0.5, 0.6) is 0 Å². The maximum absolute atomic E-state index is 11.7. The predicted molar refractivity (Wildman–Crippen MR) is 72.9 cm³/mol. The van der Waals surface area contributed by atoms with Crippen molar-refractivity contribution >= 4 is 12.0 Å². The maximum atomic E-state index is 11.7. The fraction of sp³-hybridized carbons (Fsp3) is 0.462. The van der Waals surface area contributed by atoms with Gasteiger partial charge in [0.2, 0.25) is 0 Å². The fourth-order valence-electron chi connectivity index (χ4n) is 1.66. The van der Waals surface area contributed by atoms with Crippen LogP contribution in [-0.2, 0) is 11.2 Å². The summed E-state index contributed by atoms with van der Waals surface area (Å²) >= 11 is 0. The molecule has 1 aromatic heterocycles. The number of aromatic amines is 1. The quantitative estimate of drug-likeness (QED) is 0.545. The van der Waals surface area contributed by atoms with Crippen molar-refractivity contribution in [1.82, 2.24) is 20.6 Å². The Balaban J connectivity index is 2.55. The van der Waals surface area contributed by atoms with Crippen molar-refractivity contribution in [3.8, 4) is 12.3 Å². The van der Waals surface area contributed by atoms with Crippen molar-refractivity contribution < 1.29 is 14.7 Å². The summed E-state index contributed by atoms with van der Waals surface area (Å²) in [5.41, 5.74) is 0.625. The Kier molecular flexibility index (Phi) is 6.10. The number of hydrogen-bond acceptors (Lipinski definition) is 3. The van der Waals surface area contributed by atoms with Gasteiger partial charge in [-0.1, -0.05) is 19.3 Å². The number of imidazole rings is 1. The van der Waals surface area contributed by atoms with E-state index in [1.54, 1.807) is 0 Å². The lowest BCUT2D eigenvalue weighted by atomic mass is 10.1. The number of carbonyl (C=O) groups is 2. The lowest BCUT2D eigenvalue weighted by Gasteiger charge is -2.17. The Bertz CT molecular complexity index is 478. The van der Waals surface area contributed by atoms with Crippen LogP contribution < -0.4 is 10.6 Å². The van der Waals surface area contributed by atoms with Gasteiger partial charge in [0.1, 0.15) is 6.04 Å². The molecular weight excluding hydrogens is 260 g/mol. The number of urea groups is 1. The molecule has 7 heteroatoms. The molecule has 2 atom stereocenters. The van der Waals surface area contributed by atoms with Crippen LogP contribution in [0.4, 0.5) is 4.79 Å². The summed E-state index contributed by atoms with van der Waals surface area (Å²) < 4.78 is 0. The van der Waals surface area contributed by atoms with E-state index in [4.69, 9.17) is 11.5 Å². The largest absolute Gasteiger partial charge is 0.480 e. The van der Waals surface area contributed by atoms with Gasteiger partial charge in [-0.2, -0.15) is 0 Å². The second kappa shape index (κ2) is 7.84. The van der Waals surface area contributed by atoms with E-state index in [1.807, 2.05) is 6.92 Å². The molecule has 0 aliphatic rings. The standard InChI is InChI=1S/C13H18N4O3/c1-3-5-9(4-2)16-13(20)17-11(12(18)19)6-10-7-14-8-15-10/h2,7-9,11H,3,5-6H2,1H3,(H,14,15)(H,18,19)(H2,16,17,20)/t9?,11-/m0/s1. The number of terminal acetylenes is 1. The molecule has 1 heterocycles. The number of nitrogens with zero attached hydrogens (tertiary/aromatic N) is 1. The number of aliphatic carboxylic acids is 1. The normalized spacial score (nSPS) is 13.0. The minimum Gasteiger partial charge on any atom is -0.480 e. The number of aromatic nitrogens is 2. The molecule has 0 aromatic carbocycles. The van der Waals surface area contributed by atoms with Crippen molar-refractivity contribution in [1.29, 1.82) is 0 Å². The number of carbonyl (C=O) groups excluding carboxylic acids is 1. The lowest BCUT2D eigenvalue weighted by molar-refractivity contribution is -0.139. The molecule has 1 unspecified atom stereocenters. The Hall–Kier alpha value is -2.49. The van der Waals surface area contributed by atoms with Gasteiger partial charge < -0.3 is 20.7 Å². The summed E-state index contributed by atoms with van der Waals surface area (Å²) in [5, 5.41) is 14.0. The fourth-order valence-corrected chi connectivity index (χ4v) is 1.66. The van der Waals surface area contributed by atoms with E-state index in [0.29, 0.717) is 12.1 Å². The predicted octanol–water partition coefficient (Wildman–Crippen LogP) is 0.506. The molecule has 0 saturated carbocycles. The number of carboxylic acid groups (broad SMARTS) is 1. The molecule has 0 spiro atoms. The van der Waals surface area contributed by atoms with Gasteiger partial charge in [-0.3, -0.25) is 0 Å². The maximum Gasteiger partial charge on any atom is 0.326 e. The molecule has 2 amide bonds. The highest BCUT2D eigenvalue weighted by Gasteiger charge is 2.21. The summed E-state index contributed by atoms with van der Waals surface area (Å²) in [6.07, 6.45) is 9.83. The summed E-state index contributed by atoms with van der Waals surface area (Å²) in [6.45, 7) is 1.95. The van der Waals surface area contributed by atoms with Crippen LogP contribution in [-0.4, -0.2) is 39.2 Å². The van der Waals surface area contributed by atoms with Gasteiger partial charge in [-0.25, -0.2) is 14.6 Å². The zero-order valence-electron chi connectivity index (χ0n) is 11.2. The third kappa shape index (κ3) is 5.02. The third-order valence-electron chi connectivity index (χ3n) is 2.67. The van der Waals surface area contributed by atoms with Crippen molar-refractivity contribution in [3.05, 3.63) is 18.2 Å². The molecule has 4 N–H and O–H groups in total. The number of nitrogens with one attached hydrogen (secondary N) is 3. The number of hydrogen-bond donors (Lipinski definition) is 4. The van der Waals surface area contributed by atoms with Gasteiger partial charge in [0, 0.05) is 18.3 Å². The first kappa shape index (κ1) is 15.6. The van der Waals surface area contributed by atoms with Crippen molar-refractivity contribution in [2.45, 2.75) is 38.3 Å². The van der Waals surface area contributed by atoms with Crippen LogP contribution in [0.25, 0.3) is 0 Å². The van der Waals surface area contributed by atoms with Crippen LogP contribution in [0.3, 0.4) is 0 Å². The second-order valence-corrected chi connectivity index (χ2v) is 4.30. The number of H-pyrrole nitrogens is 1. The lowest BCUT2D eigenvalue weighted by Crippen LogP contribution is -2.49. The van der Waals surface area contributed by atoms with Gasteiger partial charge in [-0.15, -0.1) is 6.42 Å². The highest BCUT2D eigenvalue weighted by molar-refractivity contribution is 5.83. The number of rotatable bonds is 7.